The van der Waals surface area contributed by atoms with E-state index in [2.05, 4.69) is 12.1 Å². The first-order valence-corrected chi connectivity index (χ1v) is 6.43. The average molecular weight is 232 g/mol. The summed E-state index contributed by atoms with van der Waals surface area (Å²) >= 11 is 0. The van der Waals surface area contributed by atoms with Crippen molar-refractivity contribution < 1.29 is 9.53 Å². The standard InChI is InChI=1S/C15H20O2/c1-17-15-8-3-2-6-13(15)11-12-5-4-7-14(16)10-9-12/h2-3,6,8,12H,4-5,7,9-11H2,1H3. The molecule has 2 heteroatoms. The Labute approximate surface area is 103 Å². The molecule has 0 amide bonds. The second kappa shape index (κ2) is 5.85. The number of carbonyl (C=O) groups is 1. The third kappa shape index (κ3) is 3.32. The molecule has 0 bridgehead atoms. The molecule has 1 aliphatic rings. The Morgan fingerprint density at radius 3 is 2.88 bits per heavy atom. The van der Waals surface area contributed by atoms with Crippen molar-refractivity contribution in [3.63, 3.8) is 0 Å². The summed E-state index contributed by atoms with van der Waals surface area (Å²) in [5.41, 5.74) is 1.27. The van der Waals surface area contributed by atoms with E-state index in [1.54, 1.807) is 7.11 Å². The van der Waals surface area contributed by atoms with Gasteiger partial charge in [-0.05, 0) is 43.2 Å². The van der Waals surface area contributed by atoms with Crippen LogP contribution in [-0.4, -0.2) is 12.9 Å². The zero-order valence-corrected chi connectivity index (χ0v) is 10.4. The summed E-state index contributed by atoms with van der Waals surface area (Å²) in [6.45, 7) is 0. The minimum atomic E-state index is 0.438. The van der Waals surface area contributed by atoms with Gasteiger partial charge in [-0.15, -0.1) is 0 Å². The van der Waals surface area contributed by atoms with E-state index in [1.807, 2.05) is 12.1 Å². The van der Waals surface area contributed by atoms with E-state index in [4.69, 9.17) is 4.74 Å². The number of hydrogen-bond acceptors (Lipinski definition) is 2. The summed E-state index contributed by atoms with van der Waals surface area (Å²) in [6, 6.07) is 8.20. The quantitative estimate of drug-likeness (QED) is 0.747. The van der Waals surface area contributed by atoms with E-state index in [9.17, 15) is 4.79 Å². The molecule has 0 spiro atoms. The first-order chi connectivity index (χ1) is 8.29. The van der Waals surface area contributed by atoms with Crippen LogP contribution in [0.4, 0.5) is 0 Å². The number of benzene rings is 1. The van der Waals surface area contributed by atoms with Crippen LogP contribution in [0.2, 0.25) is 0 Å². The van der Waals surface area contributed by atoms with Crippen LogP contribution < -0.4 is 4.74 Å². The van der Waals surface area contributed by atoms with Gasteiger partial charge in [0.1, 0.15) is 11.5 Å². The number of ether oxygens (including phenoxy) is 1. The molecule has 2 rings (SSSR count). The molecule has 1 aromatic rings. The van der Waals surface area contributed by atoms with E-state index < -0.39 is 0 Å². The molecule has 1 aromatic carbocycles. The van der Waals surface area contributed by atoms with Gasteiger partial charge in [0, 0.05) is 12.8 Å². The Morgan fingerprint density at radius 1 is 1.24 bits per heavy atom. The Kier molecular flexibility index (Phi) is 4.18. The second-order valence-electron chi connectivity index (χ2n) is 4.85. The third-order valence-electron chi connectivity index (χ3n) is 3.60. The predicted octanol–water partition coefficient (Wildman–Crippen LogP) is 3.39. The molecule has 0 aliphatic heterocycles. The molecule has 0 aromatic heterocycles. The Hall–Kier alpha value is -1.31. The van der Waals surface area contributed by atoms with Crippen molar-refractivity contribution in [1.29, 1.82) is 0 Å². The normalized spacial score (nSPS) is 21.0. The van der Waals surface area contributed by atoms with Gasteiger partial charge in [-0.25, -0.2) is 0 Å². The van der Waals surface area contributed by atoms with Crippen LogP contribution in [0.3, 0.4) is 0 Å². The van der Waals surface area contributed by atoms with Crippen LogP contribution in [0.15, 0.2) is 24.3 Å². The van der Waals surface area contributed by atoms with Crippen molar-refractivity contribution in [2.75, 3.05) is 7.11 Å². The molecule has 1 atom stereocenters. The predicted molar refractivity (Wildman–Crippen MR) is 68.3 cm³/mol. The summed E-state index contributed by atoms with van der Waals surface area (Å²) < 4.78 is 5.37. The van der Waals surface area contributed by atoms with Crippen LogP contribution >= 0.6 is 0 Å². The summed E-state index contributed by atoms with van der Waals surface area (Å²) in [7, 11) is 1.72. The number of rotatable bonds is 3. The van der Waals surface area contributed by atoms with Crippen LogP contribution in [0.5, 0.6) is 5.75 Å². The Morgan fingerprint density at radius 2 is 2.06 bits per heavy atom. The molecular formula is C15H20O2. The van der Waals surface area contributed by atoms with Crippen LogP contribution in [0, 0.1) is 5.92 Å². The second-order valence-corrected chi connectivity index (χ2v) is 4.85. The molecular weight excluding hydrogens is 212 g/mol. The number of hydrogen-bond donors (Lipinski definition) is 0. The summed E-state index contributed by atoms with van der Waals surface area (Å²) in [5, 5.41) is 0. The molecule has 92 valence electrons. The largest absolute Gasteiger partial charge is 0.496 e. The highest BCUT2D eigenvalue weighted by atomic mass is 16.5. The van der Waals surface area contributed by atoms with E-state index in [-0.39, 0.29) is 0 Å². The zero-order chi connectivity index (χ0) is 12.1. The lowest BCUT2D eigenvalue weighted by Crippen LogP contribution is -2.05. The minimum absolute atomic E-state index is 0.438. The summed E-state index contributed by atoms with van der Waals surface area (Å²) in [6.07, 6.45) is 5.85. The minimum Gasteiger partial charge on any atom is -0.496 e. The molecule has 1 saturated carbocycles. The molecule has 0 radical (unpaired) electrons. The number of methoxy groups -OCH3 is 1. The third-order valence-corrected chi connectivity index (χ3v) is 3.60. The molecule has 1 unspecified atom stereocenters. The van der Waals surface area contributed by atoms with Crippen molar-refractivity contribution in [1.82, 2.24) is 0 Å². The smallest absolute Gasteiger partial charge is 0.132 e. The number of carbonyl (C=O) groups excluding carboxylic acids is 1. The lowest BCUT2D eigenvalue weighted by Gasteiger charge is -2.15. The van der Waals surface area contributed by atoms with E-state index in [0.29, 0.717) is 11.7 Å². The maximum Gasteiger partial charge on any atom is 0.132 e. The number of para-hydroxylation sites is 1. The van der Waals surface area contributed by atoms with Gasteiger partial charge in [-0.1, -0.05) is 18.2 Å². The van der Waals surface area contributed by atoms with Crippen molar-refractivity contribution in [2.45, 2.75) is 38.5 Å². The fourth-order valence-electron chi connectivity index (χ4n) is 2.61. The molecule has 0 N–H and O–H groups in total. The summed E-state index contributed by atoms with van der Waals surface area (Å²) in [4.78, 5) is 11.4. The highest BCUT2D eigenvalue weighted by molar-refractivity contribution is 5.78. The maximum absolute atomic E-state index is 11.4. The van der Waals surface area contributed by atoms with Crippen LogP contribution in [-0.2, 0) is 11.2 Å². The SMILES string of the molecule is COc1ccccc1CC1CCCC(=O)CC1. The lowest BCUT2D eigenvalue weighted by molar-refractivity contribution is -0.118. The monoisotopic (exact) mass is 232 g/mol. The van der Waals surface area contributed by atoms with Crippen LogP contribution in [0.1, 0.15) is 37.7 Å². The van der Waals surface area contributed by atoms with E-state index in [0.717, 1.165) is 37.9 Å². The molecule has 2 nitrogen and oxygen atoms in total. The van der Waals surface area contributed by atoms with Gasteiger partial charge in [0.2, 0.25) is 0 Å². The van der Waals surface area contributed by atoms with E-state index >= 15 is 0 Å². The summed E-state index contributed by atoms with van der Waals surface area (Å²) in [5.74, 6) is 2.05. The van der Waals surface area contributed by atoms with Crippen molar-refractivity contribution in [3.8, 4) is 5.75 Å². The highest BCUT2D eigenvalue weighted by Gasteiger charge is 2.18. The molecule has 0 heterocycles. The first kappa shape index (κ1) is 12.2. The molecule has 1 aliphatic carbocycles. The first-order valence-electron chi connectivity index (χ1n) is 6.43. The van der Waals surface area contributed by atoms with Gasteiger partial charge in [-0.2, -0.15) is 0 Å². The van der Waals surface area contributed by atoms with Gasteiger partial charge < -0.3 is 4.74 Å². The molecule has 0 saturated heterocycles. The van der Waals surface area contributed by atoms with Gasteiger partial charge >= 0.3 is 0 Å². The molecule has 17 heavy (non-hydrogen) atoms. The van der Waals surface area contributed by atoms with Crippen molar-refractivity contribution >= 4 is 5.78 Å². The van der Waals surface area contributed by atoms with Gasteiger partial charge in [-0.3, -0.25) is 4.79 Å². The number of Topliss-reactive ketones (excluding diaryl/α,β-unsaturated/α-hetero) is 1. The lowest BCUT2D eigenvalue weighted by atomic mass is 9.92. The zero-order valence-electron chi connectivity index (χ0n) is 10.4. The topological polar surface area (TPSA) is 26.3 Å². The fraction of sp³-hybridized carbons (Fsp3) is 0.533. The van der Waals surface area contributed by atoms with Crippen LogP contribution in [0.25, 0.3) is 0 Å². The molecule has 1 fully saturated rings. The highest BCUT2D eigenvalue weighted by Crippen LogP contribution is 2.28. The van der Waals surface area contributed by atoms with Gasteiger partial charge in [0.05, 0.1) is 7.11 Å². The van der Waals surface area contributed by atoms with Crippen molar-refractivity contribution in [3.05, 3.63) is 29.8 Å². The number of ketones is 1. The van der Waals surface area contributed by atoms with Crippen molar-refractivity contribution in [2.24, 2.45) is 5.92 Å². The Balaban J connectivity index is 2.02. The fourth-order valence-corrected chi connectivity index (χ4v) is 2.61. The van der Waals surface area contributed by atoms with E-state index in [1.165, 1.54) is 12.0 Å². The van der Waals surface area contributed by atoms with Gasteiger partial charge in [0.15, 0.2) is 0 Å². The average Bonchev–Trinajstić information content (AvgIpc) is 2.55. The maximum atomic E-state index is 11.4. The van der Waals surface area contributed by atoms with Gasteiger partial charge in [0.25, 0.3) is 0 Å². The Bertz CT molecular complexity index is 384.